The van der Waals surface area contributed by atoms with Crippen LogP contribution in [0, 0.1) is 17.3 Å². The average Bonchev–Trinajstić information content (AvgIpc) is 2.95. The number of rotatable bonds is 15. The van der Waals surface area contributed by atoms with E-state index in [9.17, 15) is 23.1 Å². The van der Waals surface area contributed by atoms with Gasteiger partial charge in [-0.25, -0.2) is 24.1 Å². The van der Waals surface area contributed by atoms with E-state index in [1.165, 1.54) is 12.6 Å². The summed E-state index contributed by atoms with van der Waals surface area (Å²) < 4.78 is 40.5. The Balaban J connectivity index is 1.68. The number of halogens is 3. The van der Waals surface area contributed by atoms with E-state index >= 15 is 0 Å². The maximum Gasteiger partial charge on any atom is 0.252 e. The number of aliphatic imine (C=N–C) groups is 1. The number of nitrogens with one attached hydrogen (secondary N) is 1. The van der Waals surface area contributed by atoms with Gasteiger partial charge in [-0.1, -0.05) is 46.4 Å². The lowest BCUT2D eigenvalue weighted by Gasteiger charge is -2.64. The first-order valence-corrected chi connectivity index (χ1v) is 17.1. The number of likely N-dealkylation sites (tertiary alicyclic amines) is 1. The van der Waals surface area contributed by atoms with Crippen molar-refractivity contribution in [1.82, 2.24) is 15.3 Å². The molecule has 1 aliphatic heterocycles. The second kappa shape index (κ2) is 15.6. The fourth-order valence-corrected chi connectivity index (χ4v) is 6.58. The number of nitrogens with two attached hydrogens (primary N) is 1. The maximum atomic E-state index is 13.8. The van der Waals surface area contributed by atoms with Gasteiger partial charge < -0.3 is 15.3 Å². The molecule has 3 fully saturated rings. The Bertz CT molecular complexity index is 1380. The van der Waals surface area contributed by atoms with Crippen molar-refractivity contribution in [2.45, 2.75) is 125 Å². The van der Waals surface area contributed by atoms with Crippen LogP contribution in [0.15, 0.2) is 69.2 Å². The first-order chi connectivity index (χ1) is 22.2. The summed E-state index contributed by atoms with van der Waals surface area (Å²) in [6, 6.07) is -0.535. The van der Waals surface area contributed by atoms with Crippen molar-refractivity contribution in [3.05, 3.63) is 59.1 Å². The van der Waals surface area contributed by atoms with Crippen molar-refractivity contribution in [2.24, 2.45) is 33.2 Å². The zero-order chi connectivity index (χ0) is 36.2. The number of alkyl halides is 3. The van der Waals surface area contributed by atoms with Crippen LogP contribution in [-0.4, -0.2) is 69.3 Å². The normalized spacial score (nSPS) is 22.6. The summed E-state index contributed by atoms with van der Waals surface area (Å²) in [4.78, 5) is 20.4. The minimum absolute atomic E-state index is 0.0150. The molecule has 0 aromatic rings. The summed E-state index contributed by atoms with van der Waals surface area (Å²) in [5.74, 6) is 3.26. The molecule has 0 aromatic carbocycles. The number of hydrogen-bond donors (Lipinski definition) is 3. The molecule has 1 unspecified atom stereocenters. The number of aliphatic hydroxyl groups is 1. The summed E-state index contributed by atoms with van der Waals surface area (Å²) in [5.41, 5.74) is 4.09. The Kier molecular flexibility index (Phi) is 12.7. The summed E-state index contributed by atoms with van der Waals surface area (Å²) in [5, 5.41) is 18.8. The third-order valence-corrected chi connectivity index (χ3v) is 10.2. The first kappa shape index (κ1) is 39.3. The van der Waals surface area contributed by atoms with Crippen LogP contribution in [0.5, 0.6) is 0 Å². The van der Waals surface area contributed by atoms with Gasteiger partial charge in [0.2, 0.25) is 0 Å². The Hall–Kier alpha value is -3.18. The largest absolute Gasteiger partial charge is 0.387 e. The number of hydrazone groups is 1. The van der Waals surface area contributed by atoms with Crippen molar-refractivity contribution in [3.8, 4) is 0 Å². The number of allylic oxidation sites excluding steroid dienone is 6. The monoisotopic (exact) mass is 674 g/mol. The molecule has 1 heterocycles. The molecule has 1 spiro atoms. The van der Waals surface area contributed by atoms with Crippen LogP contribution in [0.25, 0.3) is 0 Å². The molecular weight excluding hydrogens is 617 g/mol. The average molecular weight is 675 g/mol. The lowest BCUT2D eigenvalue weighted by Crippen LogP contribution is -2.69. The standard InChI is InChI=1S/C37H57F3N6O2/c1-11-29(27(9)44-46(41)31-16-37(39,40)17-31)15-33(26(8)23(3)4)43-34(47)25(7)18-42-32(24(5)6)14-13-30(12-2)45-21-35(22-45)19-36(48,20-35)28(10)38/h11-12,15,18,23-24,28,31,48H,1,13-14,16-17,19-22,41H2,2-10H3,(H,43,47)/b25-18+,29-15+,30-12+,33-26+,42-32?,44-27+. The molecule has 0 radical (unpaired) electrons. The smallest absolute Gasteiger partial charge is 0.252 e. The zero-order valence-electron chi connectivity index (χ0n) is 30.3. The van der Waals surface area contributed by atoms with Gasteiger partial charge in [-0.05, 0) is 89.4 Å². The number of nitrogens with zero attached hydrogens (tertiary/aromatic N) is 4. The van der Waals surface area contributed by atoms with Crippen molar-refractivity contribution >= 4 is 17.3 Å². The van der Waals surface area contributed by atoms with Crippen LogP contribution >= 0.6 is 0 Å². The van der Waals surface area contributed by atoms with E-state index in [-0.39, 0.29) is 36.0 Å². The van der Waals surface area contributed by atoms with Gasteiger partial charge in [0, 0.05) is 60.2 Å². The highest BCUT2D eigenvalue weighted by atomic mass is 19.3. The molecule has 1 saturated heterocycles. The van der Waals surface area contributed by atoms with E-state index in [1.54, 1.807) is 32.2 Å². The molecule has 11 heteroatoms. The van der Waals surface area contributed by atoms with Crippen molar-refractivity contribution in [3.63, 3.8) is 0 Å². The van der Waals surface area contributed by atoms with Gasteiger partial charge in [0.25, 0.3) is 11.8 Å². The van der Waals surface area contributed by atoms with Gasteiger partial charge in [0.1, 0.15) is 6.17 Å². The summed E-state index contributed by atoms with van der Waals surface area (Å²) >= 11 is 0. The predicted molar refractivity (Wildman–Crippen MR) is 189 cm³/mol. The predicted octanol–water partition coefficient (Wildman–Crippen LogP) is 7.36. The SMILES string of the molecule is C=CC(=C\C(NC(=O)/C(C)=C/N=C(CC/C(=C\C)N1CC2(C1)CC(O)(C(C)F)C2)C(C)C)=C(\C)C(C)C)/C(C)=N/N(N)C1CC(F)(F)C1. The number of carbonyl (C=O) groups is 1. The fourth-order valence-electron chi connectivity index (χ4n) is 6.58. The highest BCUT2D eigenvalue weighted by Gasteiger charge is 2.61. The second-order valence-electron chi connectivity index (χ2n) is 14.8. The maximum absolute atomic E-state index is 13.8. The highest BCUT2D eigenvalue weighted by molar-refractivity contribution is 6.01. The van der Waals surface area contributed by atoms with Crippen LogP contribution in [0.1, 0.15) is 101 Å². The van der Waals surface area contributed by atoms with E-state index in [0.29, 0.717) is 35.4 Å². The van der Waals surface area contributed by atoms with E-state index < -0.39 is 23.7 Å². The third kappa shape index (κ3) is 9.49. The molecule has 1 atom stereocenters. The summed E-state index contributed by atoms with van der Waals surface area (Å²) in [6.07, 6.45) is 7.77. The molecular formula is C37H57F3N6O2. The van der Waals surface area contributed by atoms with Crippen LogP contribution in [0.4, 0.5) is 13.2 Å². The molecule has 268 valence electrons. The van der Waals surface area contributed by atoms with Crippen LogP contribution in [-0.2, 0) is 4.79 Å². The van der Waals surface area contributed by atoms with Crippen molar-refractivity contribution in [1.29, 1.82) is 0 Å². The van der Waals surface area contributed by atoms with Crippen molar-refractivity contribution < 1.29 is 23.1 Å². The van der Waals surface area contributed by atoms with Gasteiger partial charge >= 0.3 is 0 Å². The Morgan fingerprint density at radius 1 is 1.10 bits per heavy atom. The lowest BCUT2D eigenvalue weighted by atomic mass is 9.54. The molecule has 3 aliphatic rings. The molecule has 2 aliphatic carbocycles. The fraction of sp³-hybridized carbons (Fsp3) is 0.649. The minimum atomic E-state index is -2.71. The van der Waals surface area contributed by atoms with Gasteiger partial charge in [-0.3, -0.25) is 9.79 Å². The highest BCUT2D eigenvalue weighted by Crippen LogP contribution is 2.56. The van der Waals surface area contributed by atoms with Crippen LogP contribution < -0.4 is 11.2 Å². The Labute approximate surface area is 285 Å². The van der Waals surface area contributed by atoms with Crippen LogP contribution in [0.2, 0.25) is 0 Å². The summed E-state index contributed by atoms with van der Waals surface area (Å²) in [7, 11) is 0. The van der Waals surface area contributed by atoms with E-state index in [0.717, 1.165) is 42.3 Å². The second-order valence-corrected chi connectivity index (χ2v) is 14.8. The molecule has 4 N–H and O–H groups in total. The van der Waals surface area contributed by atoms with Gasteiger partial charge in [0.15, 0.2) is 0 Å². The van der Waals surface area contributed by atoms with E-state index in [2.05, 4.69) is 41.8 Å². The molecule has 1 amide bonds. The third-order valence-electron chi connectivity index (χ3n) is 10.2. The van der Waals surface area contributed by atoms with Crippen molar-refractivity contribution in [2.75, 3.05) is 13.1 Å². The molecule has 8 nitrogen and oxygen atoms in total. The summed E-state index contributed by atoms with van der Waals surface area (Å²) in [6.45, 7) is 22.6. The number of amides is 1. The number of carbonyl (C=O) groups excluding carboxylic acids is 1. The Morgan fingerprint density at radius 3 is 2.19 bits per heavy atom. The molecule has 0 bridgehead atoms. The topological polar surface area (TPSA) is 107 Å². The minimum Gasteiger partial charge on any atom is -0.387 e. The first-order valence-electron chi connectivity index (χ1n) is 17.1. The number of hydrogen-bond acceptors (Lipinski definition) is 7. The van der Waals surface area contributed by atoms with Crippen LogP contribution in [0.3, 0.4) is 0 Å². The molecule has 3 rings (SSSR count). The van der Waals surface area contributed by atoms with E-state index in [4.69, 9.17) is 10.8 Å². The Morgan fingerprint density at radius 2 is 1.71 bits per heavy atom. The van der Waals surface area contributed by atoms with E-state index in [1.807, 2.05) is 27.7 Å². The lowest BCUT2D eigenvalue weighted by molar-refractivity contribution is -0.207. The molecule has 2 saturated carbocycles. The van der Waals surface area contributed by atoms with Gasteiger partial charge in [-0.15, -0.1) is 0 Å². The van der Waals surface area contributed by atoms with Gasteiger partial charge in [0.05, 0.1) is 17.4 Å². The molecule has 0 aromatic heterocycles. The number of hydrazine groups is 1. The van der Waals surface area contributed by atoms with Gasteiger partial charge in [-0.2, -0.15) is 5.10 Å². The molecule has 48 heavy (non-hydrogen) atoms. The zero-order valence-corrected chi connectivity index (χ0v) is 30.3. The quantitative estimate of drug-likeness (QED) is 0.0553.